The summed E-state index contributed by atoms with van der Waals surface area (Å²) in [6, 6.07) is 14.8. The van der Waals surface area contributed by atoms with E-state index in [4.69, 9.17) is 9.47 Å². The van der Waals surface area contributed by atoms with Gasteiger partial charge in [0.25, 0.3) is 0 Å². The van der Waals surface area contributed by atoms with Crippen LogP contribution in [0.5, 0.6) is 0 Å². The van der Waals surface area contributed by atoms with Crippen molar-refractivity contribution in [3.63, 3.8) is 0 Å². The summed E-state index contributed by atoms with van der Waals surface area (Å²) in [7, 11) is -3.28. The first-order valence-corrected chi connectivity index (χ1v) is 15.5. The molecule has 0 spiro atoms. The Morgan fingerprint density at radius 1 is 0.951 bits per heavy atom. The largest absolute Gasteiger partial charge is 0.456 e. The number of hydrogen-bond donors (Lipinski definition) is 1. The molecule has 2 saturated heterocycles. The normalized spacial score (nSPS) is 20.4. The first-order chi connectivity index (χ1) is 19.3. The molecule has 2 aromatic carbocycles. The third-order valence-corrected chi connectivity index (χ3v) is 8.37. The molecule has 0 aliphatic carbocycles. The summed E-state index contributed by atoms with van der Waals surface area (Å²) in [5.74, 6) is -0.832. The number of nitrogens with zero attached hydrogens (tertiary/aromatic N) is 3. The van der Waals surface area contributed by atoms with Gasteiger partial charge in [-0.25, -0.2) is 18.0 Å². The minimum absolute atomic E-state index is 0.0777. The SMILES string of the molecule is CC(C)(C)OC(=O)c1ccc(NC(=O)[C@@H]2C[C@H](N3CCN(S(C)(=O)=O)CC3)CN2C(=O)OCc2ccccc2)cc1. The molecule has 2 atom stereocenters. The van der Waals surface area contributed by atoms with Crippen molar-refractivity contribution in [2.75, 3.05) is 44.3 Å². The van der Waals surface area contributed by atoms with Crippen molar-refractivity contribution in [3.8, 4) is 0 Å². The summed E-state index contributed by atoms with van der Waals surface area (Å²) < 4.78 is 36.3. The van der Waals surface area contributed by atoms with Gasteiger partial charge >= 0.3 is 12.1 Å². The minimum atomic E-state index is -3.28. The van der Waals surface area contributed by atoms with E-state index in [0.717, 1.165) is 5.56 Å². The number of piperazine rings is 1. The lowest BCUT2D eigenvalue weighted by Gasteiger charge is -2.36. The summed E-state index contributed by atoms with van der Waals surface area (Å²) in [6.45, 7) is 7.44. The van der Waals surface area contributed by atoms with E-state index >= 15 is 0 Å². The number of hydrogen-bond acceptors (Lipinski definition) is 8. The quantitative estimate of drug-likeness (QED) is 0.491. The fourth-order valence-electron chi connectivity index (χ4n) is 4.98. The Balaban J connectivity index is 1.44. The summed E-state index contributed by atoms with van der Waals surface area (Å²) in [4.78, 5) is 42.6. The standard InChI is InChI=1S/C29H38N4O7S/c1-29(2,3)40-27(35)22-10-12-23(13-11-22)30-26(34)25-18-24(31-14-16-32(17-15-31)41(4,37)38)19-33(25)28(36)39-20-21-8-6-5-7-9-21/h5-13,24-25H,14-20H2,1-4H3,(H,30,34)/t24-,25-/m0/s1. The number of ether oxygens (including phenoxy) is 2. The summed E-state index contributed by atoms with van der Waals surface area (Å²) in [5, 5.41) is 2.86. The average molecular weight is 587 g/mol. The molecule has 12 heteroatoms. The van der Waals surface area contributed by atoms with Gasteiger partial charge in [-0.3, -0.25) is 14.6 Å². The van der Waals surface area contributed by atoms with Crippen LogP contribution < -0.4 is 5.32 Å². The van der Waals surface area contributed by atoms with E-state index in [1.54, 1.807) is 45.0 Å². The maximum absolute atomic E-state index is 13.5. The first-order valence-electron chi connectivity index (χ1n) is 13.6. The molecule has 0 aromatic heterocycles. The van der Waals surface area contributed by atoms with Crippen molar-refractivity contribution in [2.24, 2.45) is 0 Å². The van der Waals surface area contributed by atoms with E-state index in [9.17, 15) is 22.8 Å². The molecule has 4 rings (SSSR count). The van der Waals surface area contributed by atoms with Gasteiger partial charge in [-0.05, 0) is 57.0 Å². The smallest absolute Gasteiger partial charge is 0.410 e. The number of benzene rings is 2. The highest BCUT2D eigenvalue weighted by Crippen LogP contribution is 2.26. The Kier molecular flexibility index (Phi) is 9.35. The maximum atomic E-state index is 13.5. The molecule has 2 fully saturated rings. The zero-order valence-electron chi connectivity index (χ0n) is 23.9. The molecule has 2 amide bonds. The Labute approximate surface area is 241 Å². The molecule has 1 N–H and O–H groups in total. The number of carbonyl (C=O) groups excluding carboxylic acids is 3. The number of amides is 2. The van der Waals surface area contributed by atoms with Gasteiger partial charge in [0, 0.05) is 44.5 Å². The number of carbonyl (C=O) groups is 3. The van der Waals surface area contributed by atoms with Gasteiger partial charge in [0.2, 0.25) is 15.9 Å². The van der Waals surface area contributed by atoms with Gasteiger partial charge < -0.3 is 14.8 Å². The van der Waals surface area contributed by atoms with E-state index in [2.05, 4.69) is 10.2 Å². The summed E-state index contributed by atoms with van der Waals surface area (Å²) in [6.07, 6.45) is 0.983. The third kappa shape index (κ3) is 8.27. The van der Waals surface area contributed by atoms with Crippen molar-refractivity contribution >= 4 is 33.7 Å². The van der Waals surface area contributed by atoms with Gasteiger partial charge in [-0.1, -0.05) is 30.3 Å². The van der Waals surface area contributed by atoms with Crippen molar-refractivity contribution in [1.29, 1.82) is 0 Å². The molecule has 2 aromatic rings. The predicted molar refractivity (Wildman–Crippen MR) is 154 cm³/mol. The Morgan fingerprint density at radius 3 is 2.17 bits per heavy atom. The predicted octanol–water partition coefficient (Wildman–Crippen LogP) is 2.94. The van der Waals surface area contributed by atoms with Gasteiger partial charge in [0.1, 0.15) is 18.2 Å². The monoisotopic (exact) mass is 586 g/mol. The molecular formula is C29H38N4O7S. The second kappa shape index (κ2) is 12.6. The highest BCUT2D eigenvalue weighted by molar-refractivity contribution is 7.88. The van der Waals surface area contributed by atoms with Crippen LogP contribution in [0.25, 0.3) is 0 Å². The second-order valence-electron chi connectivity index (χ2n) is 11.4. The van der Waals surface area contributed by atoms with Crippen LogP contribution in [-0.2, 0) is 30.9 Å². The molecule has 2 aliphatic heterocycles. The Hall–Kier alpha value is -3.48. The zero-order valence-corrected chi connectivity index (χ0v) is 24.7. The van der Waals surface area contributed by atoms with E-state index in [1.807, 2.05) is 30.3 Å². The van der Waals surface area contributed by atoms with Crippen LogP contribution in [0.1, 0.15) is 43.1 Å². The van der Waals surface area contributed by atoms with Gasteiger partial charge in [-0.15, -0.1) is 0 Å². The first kappa shape index (κ1) is 30.5. The van der Waals surface area contributed by atoms with E-state index in [-0.39, 0.29) is 25.1 Å². The van der Waals surface area contributed by atoms with Crippen molar-refractivity contribution < 1.29 is 32.3 Å². The Bertz CT molecular complexity index is 1340. The van der Waals surface area contributed by atoms with Crippen LogP contribution in [0.4, 0.5) is 10.5 Å². The average Bonchev–Trinajstić information content (AvgIpc) is 3.37. The van der Waals surface area contributed by atoms with Crippen LogP contribution in [0.2, 0.25) is 0 Å². The highest BCUT2D eigenvalue weighted by Gasteiger charge is 2.43. The van der Waals surface area contributed by atoms with Crippen LogP contribution in [-0.4, -0.2) is 97.2 Å². The van der Waals surface area contributed by atoms with Crippen molar-refractivity contribution in [2.45, 2.75) is 51.5 Å². The van der Waals surface area contributed by atoms with Crippen LogP contribution in [0.3, 0.4) is 0 Å². The number of rotatable bonds is 7. The lowest BCUT2D eigenvalue weighted by atomic mass is 10.1. The van der Waals surface area contributed by atoms with Crippen LogP contribution >= 0.6 is 0 Å². The summed E-state index contributed by atoms with van der Waals surface area (Å²) >= 11 is 0. The molecule has 11 nitrogen and oxygen atoms in total. The topological polar surface area (TPSA) is 126 Å². The molecular weight excluding hydrogens is 548 g/mol. The van der Waals surface area contributed by atoms with Gasteiger partial charge in [-0.2, -0.15) is 4.31 Å². The molecule has 0 unspecified atom stereocenters. The fraction of sp³-hybridized carbons (Fsp3) is 0.483. The van der Waals surface area contributed by atoms with Gasteiger partial charge in [0.05, 0.1) is 11.8 Å². The van der Waals surface area contributed by atoms with E-state index in [1.165, 1.54) is 15.5 Å². The second-order valence-corrected chi connectivity index (χ2v) is 13.3. The Morgan fingerprint density at radius 2 is 1.59 bits per heavy atom. The number of esters is 1. The van der Waals surface area contributed by atoms with Crippen molar-refractivity contribution in [3.05, 3.63) is 65.7 Å². The zero-order chi connectivity index (χ0) is 29.8. The third-order valence-electron chi connectivity index (χ3n) is 7.07. The molecule has 0 bridgehead atoms. The molecule has 0 radical (unpaired) electrons. The molecule has 0 saturated carbocycles. The van der Waals surface area contributed by atoms with Crippen LogP contribution in [0, 0.1) is 0 Å². The van der Waals surface area contributed by atoms with Gasteiger partial charge in [0.15, 0.2) is 0 Å². The number of sulfonamides is 1. The lowest BCUT2D eigenvalue weighted by Crippen LogP contribution is -2.52. The lowest BCUT2D eigenvalue weighted by molar-refractivity contribution is -0.120. The summed E-state index contributed by atoms with van der Waals surface area (Å²) in [5.41, 5.74) is 1.04. The molecule has 222 valence electrons. The molecule has 2 heterocycles. The van der Waals surface area contributed by atoms with E-state index in [0.29, 0.717) is 43.9 Å². The maximum Gasteiger partial charge on any atom is 0.410 e. The molecule has 41 heavy (non-hydrogen) atoms. The fourth-order valence-corrected chi connectivity index (χ4v) is 5.81. The van der Waals surface area contributed by atoms with Crippen molar-refractivity contribution in [1.82, 2.24) is 14.1 Å². The minimum Gasteiger partial charge on any atom is -0.456 e. The number of anilines is 1. The molecule has 2 aliphatic rings. The number of nitrogens with one attached hydrogen (secondary N) is 1. The van der Waals surface area contributed by atoms with Crippen LogP contribution in [0.15, 0.2) is 54.6 Å². The number of likely N-dealkylation sites (tertiary alicyclic amines) is 1. The highest BCUT2D eigenvalue weighted by atomic mass is 32.2. The van der Waals surface area contributed by atoms with E-state index < -0.39 is 33.7 Å².